The zero-order valence-electron chi connectivity index (χ0n) is 22.0. The number of hydrogen-bond donors (Lipinski definition) is 0. The second-order valence-corrected chi connectivity index (χ2v) is 11.1. The molecule has 1 aliphatic heterocycles. The third-order valence-corrected chi connectivity index (χ3v) is 8.41. The van der Waals surface area contributed by atoms with Gasteiger partial charge < -0.3 is 9.30 Å². The summed E-state index contributed by atoms with van der Waals surface area (Å²) < 4.78 is 8.69. The molecule has 0 atom stereocenters. The molecule has 2 heteroatoms. The molecule has 0 N–H and O–H groups in total. The summed E-state index contributed by atoms with van der Waals surface area (Å²) in [5.41, 5.74) is 8.35. The van der Waals surface area contributed by atoms with Gasteiger partial charge in [0.15, 0.2) is 0 Å². The highest BCUT2D eigenvalue weighted by Gasteiger charge is 2.34. The van der Waals surface area contributed by atoms with Crippen molar-refractivity contribution in [3.63, 3.8) is 0 Å². The molecule has 8 rings (SSSR count). The maximum absolute atomic E-state index is 6.30. The first-order chi connectivity index (χ1) is 19.1. The smallest absolute Gasteiger partial charge is 0.131 e. The Morgan fingerprint density at radius 2 is 1.23 bits per heavy atom. The van der Waals surface area contributed by atoms with Gasteiger partial charge in [-0.1, -0.05) is 86.6 Å². The zero-order valence-corrected chi connectivity index (χ0v) is 22.0. The van der Waals surface area contributed by atoms with Gasteiger partial charge in [-0.05, 0) is 76.5 Å². The number of hydrogen-bond acceptors (Lipinski definition) is 1. The second-order valence-electron chi connectivity index (χ2n) is 11.1. The van der Waals surface area contributed by atoms with Crippen molar-refractivity contribution in [2.24, 2.45) is 0 Å². The Morgan fingerprint density at radius 1 is 0.513 bits per heavy atom. The van der Waals surface area contributed by atoms with Gasteiger partial charge in [0.1, 0.15) is 11.5 Å². The van der Waals surface area contributed by atoms with Gasteiger partial charge in [-0.3, -0.25) is 0 Å². The molecule has 1 aromatic heterocycles. The van der Waals surface area contributed by atoms with Gasteiger partial charge in [0.05, 0.1) is 11.0 Å². The summed E-state index contributed by atoms with van der Waals surface area (Å²) in [6.45, 7) is 4.58. The van der Waals surface area contributed by atoms with Gasteiger partial charge in [-0.2, -0.15) is 0 Å². The topological polar surface area (TPSA) is 14.2 Å². The highest BCUT2D eigenvalue weighted by molar-refractivity contribution is 6.13. The van der Waals surface area contributed by atoms with Crippen LogP contribution in [0.25, 0.3) is 49.4 Å². The molecule has 0 bridgehead atoms. The lowest BCUT2D eigenvalue weighted by atomic mass is 9.75. The van der Waals surface area contributed by atoms with Gasteiger partial charge in [-0.15, -0.1) is 0 Å². The molecule has 0 unspecified atom stereocenters. The molecular formula is C37H27NO. The monoisotopic (exact) mass is 501 g/mol. The van der Waals surface area contributed by atoms with E-state index >= 15 is 0 Å². The summed E-state index contributed by atoms with van der Waals surface area (Å²) in [5.74, 6) is 1.89. The molecule has 2 heterocycles. The molecule has 0 fully saturated rings. The maximum Gasteiger partial charge on any atom is 0.131 e. The lowest BCUT2D eigenvalue weighted by Gasteiger charge is -2.34. The van der Waals surface area contributed by atoms with Crippen LogP contribution >= 0.6 is 0 Å². The number of aromatic nitrogens is 1. The molecule has 39 heavy (non-hydrogen) atoms. The van der Waals surface area contributed by atoms with Crippen LogP contribution in [-0.4, -0.2) is 4.57 Å². The van der Waals surface area contributed by atoms with Gasteiger partial charge >= 0.3 is 0 Å². The fourth-order valence-electron chi connectivity index (χ4n) is 6.37. The minimum absolute atomic E-state index is 0.139. The quantitative estimate of drug-likeness (QED) is 0.230. The predicted molar refractivity (Wildman–Crippen MR) is 162 cm³/mol. The number of benzene rings is 6. The Morgan fingerprint density at radius 3 is 2.13 bits per heavy atom. The summed E-state index contributed by atoms with van der Waals surface area (Å²) in [7, 11) is 0. The van der Waals surface area contributed by atoms with Crippen LogP contribution in [0.2, 0.25) is 0 Å². The Hall–Kier alpha value is -4.82. The fraction of sp³-hybridized carbons (Fsp3) is 0.0811. The van der Waals surface area contributed by atoms with Crippen molar-refractivity contribution in [1.29, 1.82) is 0 Å². The van der Waals surface area contributed by atoms with E-state index in [9.17, 15) is 0 Å². The normalized spacial score (nSPS) is 13.8. The molecule has 0 aliphatic carbocycles. The largest absolute Gasteiger partial charge is 0.457 e. The van der Waals surface area contributed by atoms with Gasteiger partial charge in [0, 0.05) is 33.0 Å². The molecule has 7 aromatic rings. The zero-order chi connectivity index (χ0) is 26.1. The lowest BCUT2D eigenvalue weighted by molar-refractivity contribution is 0.418. The number of para-hydroxylation sites is 3. The van der Waals surface area contributed by atoms with Crippen LogP contribution in [0.4, 0.5) is 0 Å². The third kappa shape index (κ3) is 3.28. The molecular weight excluding hydrogens is 474 g/mol. The maximum atomic E-state index is 6.30. The van der Waals surface area contributed by atoms with E-state index < -0.39 is 0 Å². The lowest BCUT2D eigenvalue weighted by Crippen LogP contribution is -2.24. The van der Waals surface area contributed by atoms with Crippen molar-refractivity contribution in [1.82, 2.24) is 4.57 Å². The molecule has 2 nitrogen and oxygen atoms in total. The van der Waals surface area contributed by atoms with Crippen molar-refractivity contribution < 1.29 is 4.74 Å². The van der Waals surface area contributed by atoms with Crippen molar-refractivity contribution in [2.75, 3.05) is 0 Å². The molecule has 1 aliphatic rings. The number of nitrogens with zero attached hydrogens (tertiary/aromatic N) is 1. The fourth-order valence-corrected chi connectivity index (χ4v) is 6.37. The minimum atomic E-state index is -0.139. The average Bonchev–Trinajstić information content (AvgIpc) is 3.29. The second kappa shape index (κ2) is 8.09. The van der Waals surface area contributed by atoms with Gasteiger partial charge in [-0.25, -0.2) is 0 Å². The van der Waals surface area contributed by atoms with E-state index in [1.807, 2.05) is 6.07 Å². The first kappa shape index (κ1) is 22.2. The Bertz CT molecular complexity index is 2060. The van der Waals surface area contributed by atoms with E-state index in [0.29, 0.717) is 0 Å². The van der Waals surface area contributed by atoms with E-state index in [-0.39, 0.29) is 5.41 Å². The SMILES string of the molecule is CC1(C)c2ccccc2Oc2ccc(-c3ccc4cc5c6ccccc6n(-c6ccccc6)c5cc4c3)cc21. The first-order valence-electron chi connectivity index (χ1n) is 13.5. The van der Waals surface area contributed by atoms with Crippen molar-refractivity contribution in [3.05, 3.63) is 139 Å². The van der Waals surface area contributed by atoms with Crippen LogP contribution in [0, 0.1) is 0 Å². The first-order valence-corrected chi connectivity index (χ1v) is 13.5. The van der Waals surface area contributed by atoms with Crippen LogP contribution < -0.4 is 4.74 Å². The summed E-state index contributed by atoms with van der Waals surface area (Å²) in [6.07, 6.45) is 0. The third-order valence-electron chi connectivity index (χ3n) is 8.41. The molecule has 6 aromatic carbocycles. The standard InChI is InChI=1S/C37H27NO/c1-37(2)31-13-7-9-15-35(31)39-36-19-18-26(22-32(36)37)24-16-17-25-21-30-29-12-6-8-14-33(29)38(28-10-4-3-5-11-28)34(30)23-27(25)20-24/h3-23H,1-2H3. The highest BCUT2D eigenvalue weighted by Crippen LogP contribution is 2.48. The summed E-state index contributed by atoms with van der Waals surface area (Å²) in [5, 5.41) is 5.04. The predicted octanol–water partition coefficient (Wildman–Crippen LogP) is 10.0. The van der Waals surface area contributed by atoms with Gasteiger partial charge in [0.2, 0.25) is 0 Å². The summed E-state index contributed by atoms with van der Waals surface area (Å²) in [6, 6.07) is 45.9. The van der Waals surface area contributed by atoms with Crippen LogP contribution in [-0.2, 0) is 5.41 Å². The van der Waals surface area contributed by atoms with E-state index in [4.69, 9.17) is 4.74 Å². The molecule has 0 spiro atoms. The van der Waals surface area contributed by atoms with E-state index in [2.05, 4.69) is 140 Å². The van der Waals surface area contributed by atoms with E-state index in [0.717, 1.165) is 11.5 Å². The highest BCUT2D eigenvalue weighted by atomic mass is 16.5. The Labute approximate surface area is 227 Å². The van der Waals surface area contributed by atoms with Crippen LogP contribution in [0.15, 0.2) is 127 Å². The summed E-state index contributed by atoms with van der Waals surface area (Å²) in [4.78, 5) is 0. The molecule has 0 radical (unpaired) electrons. The van der Waals surface area contributed by atoms with Crippen LogP contribution in [0.1, 0.15) is 25.0 Å². The van der Waals surface area contributed by atoms with Gasteiger partial charge in [0.25, 0.3) is 0 Å². The minimum Gasteiger partial charge on any atom is -0.457 e. The van der Waals surface area contributed by atoms with Crippen molar-refractivity contribution in [3.8, 4) is 28.3 Å². The molecule has 0 saturated carbocycles. The number of rotatable bonds is 2. The molecule has 0 amide bonds. The van der Waals surface area contributed by atoms with Crippen LogP contribution in [0.5, 0.6) is 11.5 Å². The molecule has 186 valence electrons. The Kier molecular flexibility index (Phi) is 4.60. The number of ether oxygens (including phenoxy) is 1. The molecule has 0 saturated heterocycles. The average molecular weight is 502 g/mol. The van der Waals surface area contributed by atoms with Crippen LogP contribution in [0.3, 0.4) is 0 Å². The Balaban J connectivity index is 1.31. The van der Waals surface area contributed by atoms with E-state index in [1.54, 1.807) is 0 Å². The summed E-state index contributed by atoms with van der Waals surface area (Å²) >= 11 is 0. The van der Waals surface area contributed by atoms with Crippen molar-refractivity contribution in [2.45, 2.75) is 19.3 Å². The number of fused-ring (bicyclic) bond motifs is 6. The van der Waals surface area contributed by atoms with Crippen molar-refractivity contribution >= 4 is 32.6 Å². The van der Waals surface area contributed by atoms with E-state index in [1.165, 1.54) is 60.5 Å².